The minimum Gasteiger partial charge on any atom is -0.478 e. The predicted molar refractivity (Wildman–Crippen MR) is 57.0 cm³/mol. The van der Waals surface area contributed by atoms with E-state index in [1.54, 1.807) is 19.2 Å². The number of carboxylic acid groups (broad SMARTS) is 1. The predicted octanol–water partition coefficient (Wildman–Crippen LogP) is 0.274. The van der Waals surface area contributed by atoms with E-state index in [1.165, 1.54) is 11.7 Å². The molecule has 2 N–H and O–H groups in total. The zero-order chi connectivity index (χ0) is 12.1. The molecule has 1 heterocycles. The Morgan fingerprint density at radius 2 is 2.31 bits per heavy atom. The van der Waals surface area contributed by atoms with E-state index >= 15 is 0 Å². The van der Waals surface area contributed by atoms with Crippen molar-refractivity contribution in [2.45, 2.75) is 13.5 Å². The van der Waals surface area contributed by atoms with E-state index in [0.29, 0.717) is 17.8 Å². The van der Waals surface area contributed by atoms with Gasteiger partial charge in [0, 0.05) is 19.3 Å². The molecule has 1 aromatic rings. The molecule has 0 aliphatic carbocycles. The highest BCUT2D eigenvalue weighted by Crippen LogP contribution is 2.00. The lowest BCUT2D eigenvalue weighted by Gasteiger charge is -2.00. The highest BCUT2D eigenvalue weighted by Gasteiger charge is 2.06. The summed E-state index contributed by atoms with van der Waals surface area (Å²) in [5, 5.41) is 15.0. The van der Waals surface area contributed by atoms with Gasteiger partial charge < -0.3 is 10.4 Å². The van der Waals surface area contributed by atoms with Crippen molar-refractivity contribution in [3.63, 3.8) is 0 Å². The van der Waals surface area contributed by atoms with Crippen LogP contribution in [0.2, 0.25) is 0 Å². The second kappa shape index (κ2) is 5.11. The number of hydrogen-bond donors (Lipinski definition) is 2. The van der Waals surface area contributed by atoms with E-state index in [2.05, 4.69) is 10.4 Å². The average Bonchev–Trinajstić information content (AvgIpc) is 2.63. The molecule has 16 heavy (non-hydrogen) atoms. The highest BCUT2D eigenvalue weighted by atomic mass is 16.4. The number of amides is 1. The number of allylic oxidation sites excluding steroid dienone is 1. The summed E-state index contributed by atoms with van der Waals surface area (Å²) in [6.07, 6.45) is 2.74. The van der Waals surface area contributed by atoms with Crippen molar-refractivity contribution in [1.82, 2.24) is 15.1 Å². The summed E-state index contributed by atoms with van der Waals surface area (Å²) >= 11 is 0. The van der Waals surface area contributed by atoms with Crippen LogP contribution in [0.1, 0.15) is 17.4 Å². The lowest BCUT2D eigenvalue weighted by atomic mass is 10.3. The Hall–Kier alpha value is -2.11. The number of aliphatic carboxylic acids is 1. The second-order valence-corrected chi connectivity index (χ2v) is 3.31. The number of carbonyl (C=O) groups is 2. The molecular weight excluding hydrogens is 210 g/mol. The fourth-order valence-corrected chi connectivity index (χ4v) is 1.21. The van der Waals surface area contributed by atoms with Gasteiger partial charge in [-0.15, -0.1) is 0 Å². The second-order valence-electron chi connectivity index (χ2n) is 3.31. The summed E-state index contributed by atoms with van der Waals surface area (Å²) in [5.41, 5.74) is 0.963. The maximum absolute atomic E-state index is 11.2. The van der Waals surface area contributed by atoms with Gasteiger partial charge in [0.05, 0.1) is 6.54 Å². The Morgan fingerprint density at radius 1 is 1.62 bits per heavy atom. The van der Waals surface area contributed by atoms with Crippen LogP contribution in [0.3, 0.4) is 0 Å². The summed E-state index contributed by atoms with van der Waals surface area (Å²) in [6, 6.07) is 1.58. The summed E-state index contributed by atoms with van der Waals surface area (Å²) in [4.78, 5) is 21.6. The summed E-state index contributed by atoms with van der Waals surface area (Å²) in [5.74, 6) is -1.25. The Bertz CT molecular complexity index is 434. The fourth-order valence-electron chi connectivity index (χ4n) is 1.21. The summed E-state index contributed by atoms with van der Waals surface area (Å²) < 4.78 is 1.51. The average molecular weight is 223 g/mol. The van der Waals surface area contributed by atoms with Crippen LogP contribution >= 0.6 is 0 Å². The van der Waals surface area contributed by atoms with Crippen molar-refractivity contribution in [2.75, 3.05) is 7.05 Å². The molecule has 0 fully saturated rings. The zero-order valence-electron chi connectivity index (χ0n) is 9.10. The third-order valence-corrected chi connectivity index (χ3v) is 1.88. The van der Waals surface area contributed by atoms with Gasteiger partial charge in [-0.1, -0.05) is 0 Å². The number of carboxylic acids is 1. The molecule has 0 bridgehead atoms. The highest BCUT2D eigenvalue weighted by molar-refractivity contribution is 5.91. The third-order valence-electron chi connectivity index (χ3n) is 1.88. The van der Waals surface area contributed by atoms with Crippen molar-refractivity contribution in [3.8, 4) is 0 Å². The molecule has 0 aliphatic rings. The van der Waals surface area contributed by atoms with Crippen molar-refractivity contribution >= 4 is 11.9 Å². The first kappa shape index (κ1) is 12.0. The molecule has 6 heteroatoms. The Balaban J connectivity index is 2.73. The molecule has 0 aromatic carbocycles. The van der Waals surface area contributed by atoms with Crippen LogP contribution in [-0.4, -0.2) is 33.8 Å². The van der Waals surface area contributed by atoms with Crippen LogP contribution in [0.5, 0.6) is 0 Å². The molecule has 0 saturated carbocycles. The van der Waals surface area contributed by atoms with E-state index in [0.717, 1.165) is 6.08 Å². The Morgan fingerprint density at radius 3 is 2.88 bits per heavy atom. The van der Waals surface area contributed by atoms with Gasteiger partial charge >= 0.3 is 5.97 Å². The Labute approximate surface area is 92.6 Å². The van der Waals surface area contributed by atoms with Crippen LogP contribution in [0.25, 0.3) is 0 Å². The molecule has 0 saturated heterocycles. The molecule has 1 amide bonds. The topological polar surface area (TPSA) is 84.2 Å². The number of hydrogen-bond acceptors (Lipinski definition) is 3. The van der Waals surface area contributed by atoms with Gasteiger partial charge in [0.1, 0.15) is 5.69 Å². The first-order chi connectivity index (χ1) is 7.52. The lowest BCUT2D eigenvalue weighted by molar-refractivity contribution is -0.131. The van der Waals surface area contributed by atoms with Crippen LogP contribution < -0.4 is 5.32 Å². The smallest absolute Gasteiger partial charge is 0.328 e. The van der Waals surface area contributed by atoms with E-state index < -0.39 is 5.97 Å². The van der Waals surface area contributed by atoms with E-state index in [4.69, 9.17) is 5.11 Å². The normalized spacial score (nSPS) is 11.2. The van der Waals surface area contributed by atoms with Crippen molar-refractivity contribution < 1.29 is 14.7 Å². The maximum Gasteiger partial charge on any atom is 0.328 e. The van der Waals surface area contributed by atoms with Crippen molar-refractivity contribution in [2.24, 2.45) is 0 Å². The molecule has 0 spiro atoms. The van der Waals surface area contributed by atoms with Gasteiger partial charge in [-0.05, 0) is 18.6 Å². The number of rotatable bonds is 4. The van der Waals surface area contributed by atoms with E-state index in [1.807, 2.05) is 0 Å². The molecule has 6 nitrogen and oxygen atoms in total. The van der Waals surface area contributed by atoms with Crippen molar-refractivity contribution in [1.29, 1.82) is 0 Å². The first-order valence-corrected chi connectivity index (χ1v) is 4.68. The standard InChI is InChI=1S/C10H13N3O3/c1-7(5-9(14)15)6-13-4-3-8(12-13)10(16)11-2/h3-5H,6H2,1-2H3,(H,11,16)(H,14,15). The third kappa shape index (κ3) is 3.23. The zero-order valence-corrected chi connectivity index (χ0v) is 9.10. The number of carbonyl (C=O) groups excluding carboxylic acids is 1. The molecule has 0 unspecified atom stereocenters. The van der Waals surface area contributed by atoms with Gasteiger partial charge in [0.2, 0.25) is 0 Å². The molecule has 1 rings (SSSR count). The van der Waals surface area contributed by atoms with Gasteiger partial charge in [-0.2, -0.15) is 5.10 Å². The minimum absolute atomic E-state index is 0.265. The number of nitrogens with zero attached hydrogens (tertiary/aromatic N) is 2. The van der Waals surface area contributed by atoms with Gasteiger partial charge in [0.25, 0.3) is 5.91 Å². The lowest BCUT2D eigenvalue weighted by Crippen LogP contribution is -2.18. The van der Waals surface area contributed by atoms with Crippen LogP contribution in [0.4, 0.5) is 0 Å². The maximum atomic E-state index is 11.2. The molecule has 0 aliphatic heterocycles. The summed E-state index contributed by atoms with van der Waals surface area (Å²) in [7, 11) is 1.52. The SMILES string of the molecule is CNC(=O)c1ccn(CC(C)=CC(=O)O)n1. The quantitative estimate of drug-likeness (QED) is 0.718. The molecular formula is C10H13N3O3. The molecule has 1 aromatic heterocycles. The fraction of sp³-hybridized carbons (Fsp3) is 0.300. The van der Waals surface area contributed by atoms with E-state index in [-0.39, 0.29) is 5.91 Å². The van der Waals surface area contributed by atoms with Crippen LogP contribution in [0, 0.1) is 0 Å². The minimum atomic E-state index is -0.990. The van der Waals surface area contributed by atoms with Crippen molar-refractivity contribution in [3.05, 3.63) is 29.6 Å². The summed E-state index contributed by atoms with van der Waals surface area (Å²) in [6.45, 7) is 2.04. The number of nitrogens with one attached hydrogen (secondary N) is 1. The van der Waals surface area contributed by atoms with Gasteiger partial charge in [0.15, 0.2) is 0 Å². The number of aromatic nitrogens is 2. The monoisotopic (exact) mass is 223 g/mol. The molecule has 0 radical (unpaired) electrons. The largest absolute Gasteiger partial charge is 0.478 e. The first-order valence-electron chi connectivity index (χ1n) is 4.68. The van der Waals surface area contributed by atoms with Crippen LogP contribution in [0.15, 0.2) is 23.9 Å². The van der Waals surface area contributed by atoms with Gasteiger partial charge in [-0.3, -0.25) is 9.48 Å². The molecule has 0 atom stereocenters. The van der Waals surface area contributed by atoms with Crippen LogP contribution in [-0.2, 0) is 11.3 Å². The van der Waals surface area contributed by atoms with Gasteiger partial charge in [-0.25, -0.2) is 4.79 Å². The van der Waals surface area contributed by atoms with E-state index in [9.17, 15) is 9.59 Å². The Kier molecular flexibility index (Phi) is 3.82. The molecule has 86 valence electrons.